The maximum atomic E-state index is 14.5. The molecule has 2 amide bonds. The van der Waals surface area contributed by atoms with Gasteiger partial charge in [0.05, 0.1) is 21.2 Å². The van der Waals surface area contributed by atoms with Crippen LogP contribution in [0.3, 0.4) is 0 Å². The second-order valence-electron chi connectivity index (χ2n) is 11.5. The van der Waals surface area contributed by atoms with E-state index >= 15 is 0 Å². The molecule has 1 N–H and O–H groups in total. The van der Waals surface area contributed by atoms with Crippen LogP contribution < -0.4 is 9.62 Å². The van der Waals surface area contributed by atoms with E-state index in [0.29, 0.717) is 27.0 Å². The molecule has 4 aromatic carbocycles. The Bertz CT molecular complexity index is 1830. The molecular weight excluding hydrogens is 731 g/mol. The second-order valence-corrected chi connectivity index (χ2v) is 14.7. The van der Waals surface area contributed by atoms with Gasteiger partial charge in [0.25, 0.3) is 10.0 Å². The van der Waals surface area contributed by atoms with Gasteiger partial charge in [-0.15, -0.1) is 0 Å². The zero-order chi connectivity index (χ0) is 35.1. The van der Waals surface area contributed by atoms with Crippen LogP contribution in [0.25, 0.3) is 0 Å². The number of halogens is 5. The number of hydrogen-bond donors (Lipinski definition) is 1. The SMILES string of the molecule is CC(C)CNC(=O)[C@@H](Cc1ccccc1)N(Cc1cccc(Br)c1)C(=O)CN(c1cc(C(F)(F)F)ccc1Cl)S(=O)(=O)c1ccccc1. The normalized spacial score (nSPS) is 12.4. The first-order chi connectivity index (χ1) is 22.7. The highest BCUT2D eigenvalue weighted by atomic mass is 79.9. The van der Waals surface area contributed by atoms with Crippen molar-refractivity contribution in [2.45, 2.75) is 43.9 Å². The molecule has 0 radical (unpaired) electrons. The fourth-order valence-electron chi connectivity index (χ4n) is 4.92. The summed E-state index contributed by atoms with van der Waals surface area (Å²) in [7, 11) is -4.65. The molecule has 48 heavy (non-hydrogen) atoms. The number of rotatable bonds is 13. The molecule has 0 saturated carbocycles. The standard InChI is InChI=1S/C35H34BrClF3N3O4S/c1-24(2)21-41-34(45)32(19-25-10-5-3-6-11-25)42(22-26-12-9-13-28(36)18-26)33(44)23-43(48(46,47)29-14-7-4-8-15-29)31-20-27(35(38,39)40)16-17-30(31)37/h3-18,20,24,32H,19,21-23H2,1-2H3,(H,41,45)/t32-/m1/s1. The zero-order valence-corrected chi connectivity index (χ0v) is 29.3. The summed E-state index contributed by atoms with van der Waals surface area (Å²) in [5.41, 5.74) is -0.315. The van der Waals surface area contributed by atoms with Gasteiger partial charge in [0.1, 0.15) is 12.6 Å². The van der Waals surface area contributed by atoms with E-state index < -0.39 is 51.9 Å². The third kappa shape index (κ3) is 9.61. The van der Waals surface area contributed by atoms with Gasteiger partial charge in [0, 0.05) is 24.0 Å². The number of amides is 2. The zero-order valence-electron chi connectivity index (χ0n) is 26.1. The van der Waals surface area contributed by atoms with E-state index in [9.17, 15) is 31.2 Å². The molecule has 4 aromatic rings. The van der Waals surface area contributed by atoms with Crippen molar-refractivity contribution in [2.24, 2.45) is 5.92 Å². The number of carbonyl (C=O) groups excluding carboxylic acids is 2. The number of alkyl halides is 3. The van der Waals surface area contributed by atoms with Crippen molar-refractivity contribution < 1.29 is 31.2 Å². The summed E-state index contributed by atoms with van der Waals surface area (Å²) in [6.07, 6.45) is -4.74. The highest BCUT2D eigenvalue weighted by Crippen LogP contribution is 2.37. The van der Waals surface area contributed by atoms with Gasteiger partial charge in [0.2, 0.25) is 11.8 Å². The van der Waals surface area contributed by atoms with E-state index in [0.717, 1.165) is 17.7 Å². The number of benzene rings is 4. The summed E-state index contributed by atoms with van der Waals surface area (Å²) in [6.45, 7) is 3.09. The van der Waals surface area contributed by atoms with Crippen LogP contribution in [0.2, 0.25) is 5.02 Å². The summed E-state index contributed by atoms with van der Waals surface area (Å²) >= 11 is 9.79. The van der Waals surface area contributed by atoms with E-state index in [1.807, 2.05) is 19.9 Å². The Morgan fingerprint density at radius 2 is 1.50 bits per heavy atom. The van der Waals surface area contributed by atoms with Crippen molar-refractivity contribution >= 4 is 55.1 Å². The van der Waals surface area contributed by atoms with Crippen molar-refractivity contribution in [2.75, 3.05) is 17.4 Å². The molecule has 0 fully saturated rings. The molecule has 254 valence electrons. The van der Waals surface area contributed by atoms with Crippen LogP contribution in [0.15, 0.2) is 112 Å². The largest absolute Gasteiger partial charge is 0.416 e. The van der Waals surface area contributed by atoms with E-state index in [4.69, 9.17) is 11.6 Å². The Balaban J connectivity index is 1.86. The van der Waals surface area contributed by atoms with E-state index in [1.54, 1.807) is 54.6 Å². The Labute approximate surface area is 291 Å². The molecule has 0 aliphatic heterocycles. The monoisotopic (exact) mass is 763 g/mol. The molecule has 0 unspecified atom stereocenters. The van der Waals surface area contributed by atoms with Gasteiger partial charge in [-0.2, -0.15) is 13.2 Å². The fraction of sp³-hybridized carbons (Fsp3) is 0.257. The van der Waals surface area contributed by atoms with Crippen LogP contribution in [0.1, 0.15) is 30.5 Å². The van der Waals surface area contributed by atoms with Gasteiger partial charge in [-0.3, -0.25) is 13.9 Å². The van der Waals surface area contributed by atoms with Gasteiger partial charge >= 0.3 is 6.18 Å². The Hall–Kier alpha value is -3.87. The molecule has 0 bridgehead atoms. The summed E-state index contributed by atoms with van der Waals surface area (Å²) in [5, 5.41) is 2.57. The van der Waals surface area contributed by atoms with Gasteiger partial charge in [-0.1, -0.05) is 102 Å². The molecule has 0 aliphatic rings. The van der Waals surface area contributed by atoms with Gasteiger partial charge in [-0.25, -0.2) is 8.42 Å². The molecule has 0 saturated heterocycles. The van der Waals surface area contributed by atoms with Crippen LogP contribution in [0.5, 0.6) is 0 Å². The van der Waals surface area contributed by atoms with Gasteiger partial charge in [0.15, 0.2) is 0 Å². The maximum Gasteiger partial charge on any atom is 0.416 e. The minimum absolute atomic E-state index is 0.0836. The van der Waals surface area contributed by atoms with Crippen LogP contribution in [-0.2, 0) is 38.8 Å². The Morgan fingerprint density at radius 3 is 2.10 bits per heavy atom. The number of hydrogen-bond acceptors (Lipinski definition) is 4. The quantitative estimate of drug-likeness (QED) is 0.151. The smallest absolute Gasteiger partial charge is 0.354 e. The fourth-order valence-corrected chi connectivity index (χ4v) is 7.08. The Kier molecular flexibility index (Phi) is 12.3. The summed E-state index contributed by atoms with van der Waals surface area (Å²) in [6, 6.07) is 24.2. The van der Waals surface area contributed by atoms with Crippen LogP contribution >= 0.6 is 27.5 Å². The molecule has 4 rings (SSSR count). The summed E-state index contributed by atoms with van der Waals surface area (Å²) < 4.78 is 71.0. The lowest BCUT2D eigenvalue weighted by molar-refractivity contribution is -0.140. The van der Waals surface area contributed by atoms with Crippen molar-refractivity contribution in [3.05, 3.63) is 129 Å². The lowest BCUT2D eigenvalue weighted by Gasteiger charge is -2.34. The van der Waals surface area contributed by atoms with Crippen molar-refractivity contribution in [1.82, 2.24) is 10.2 Å². The Morgan fingerprint density at radius 1 is 0.875 bits per heavy atom. The van der Waals surface area contributed by atoms with E-state index in [-0.39, 0.29) is 28.8 Å². The molecular formula is C35H34BrClF3N3O4S. The minimum Gasteiger partial charge on any atom is -0.354 e. The van der Waals surface area contributed by atoms with E-state index in [1.165, 1.54) is 29.2 Å². The second kappa shape index (κ2) is 16.0. The summed E-state index contributed by atoms with van der Waals surface area (Å²) in [4.78, 5) is 29.4. The van der Waals surface area contributed by atoms with Gasteiger partial charge in [-0.05, 0) is 59.5 Å². The maximum absolute atomic E-state index is 14.5. The number of sulfonamides is 1. The third-order valence-corrected chi connectivity index (χ3v) is 9.94. The van der Waals surface area contributed by atoms with Crippen molar-refractivity contribution in [1.29, 1.82) is 0 Å². The topological polar surface area (TPSA) is 86.8 Å². The average molecular weight is 765 g/mol. The molecule has 1 atom stereocenters. The van der Waals surface area contributed by atoms with Crippen molar-refractivity contribution in [3.63, 3.8) is 0 Å². The minimum atomic E-state index is -4.83. The lowest BCUT2D eigenvalue weighted by Crippen LogP contribution is -2.53. The van der Waals surface area contributed by atoms with Crippen molar-refractivity contribution in [3.8, 4) is 0 Å². The molecule has 0 heterocycles. The summed E-state index contributed by atoms with van der Waals surface area (Å²) in [5.74, 6) is -1.20. The first-order valence-corrected chi connectivity index (χ1v) is 17.6. The number of nitrogens with zero attached hydrogens (tertiary/aromatic N) is 2. The highest BCUT2D eigenvalue weighted by molar-refractivity contribution is 9.10. The number of carbonyl (C=O) groups is 2. The number of anilines is 1. The van der Waals surface area contributed by atoms with Crippen LogP contribution in [0.4, 0.5) is 18.9 Å². The molecule has 13 heteroatoms. The predicted molar refractivity (Wildman–Crippen MR) is 184 cm³/mol. The molecule has 0 aliphatic carbocycles. The number of nitrogens with one attached hydrogen (secondary N) is 1. The van der Waals surface area contributed by atoms with Gasteiger partial charge < -0.3 is 10.2 Å². The highest BCUT2D eigenvalue weighted by Gasteiger charge is 2.37. The van der Waals surface area contributed by atoms with Crippen LogP contribution in [-0.4, -0.2) is 44.3 Å². The first-order valence-electron chi connectivity index (χ1n) is 15.0. The first kappa shape index (κ1) is 37.0. The average Bonchev–Trinajstić information content (AvgIpc) is 3.04. The van der Waals surface area contributed by atoms with Crippen LogP contribution in [0, 0.1) is 5.92 Å². The van der Waals surface area contributed by atoms with E-state index in [2.05, 4.69) is 21.2 Å². The predicted octanol–water partition coefficient (Wildman–Crippen LogP) is 7.73. The molecule has 0 spiro atoms. The molecule has 0 aromatic heterocycles. The third-order valence-electron chi connectivity index (χ3n) is 7.35. The molecule has 7 nitrogen and oxygen atoms in total. The lowest BCUT2D eigenvalue weighted by atomic mass is 10.0.